The van der Waals surface area contributed by atoms with Gasteiger partial charge in [0.05, 0.1) is 5.60 Å². The van der Waals surface area contributed by atoms with Crippen molar-refractivity contribution < 1.29 is 28.7 Å². The molecule has 0 bridgehead atoms. The number of carbonyl (C=O) groups is 5. The normalized spacial score (nSPS) is 12.2. The maximum absolute atomic E-state index is 12.9. The van der Waals surface area contributed by atoms with Crippen LogP contribution in [0.25, 0.3) is 0 Å². The van der Waals surface area contributed by atoms with Crippen LogP contribution in [-0.2, 0) is 28.7 Å². The lowest BCUT2D eigenvalue weighted by molar-refractivity contribution is -0.140. The summed E-state index contributed by atoms with van der Waals surface area (Å²) in [6.07, 6.45) is 1.51. The monoisotopic (exact) mass is 583 g/mol. The molecule has 0 rings (SSSR count). The highest BCUT2D eigenvalue weighted by molar-refractivity contribution is 5.89. The van der Waals surface area contributed by atoms with Crippen molar-refractivity contribution in [1.82, 2.24) is 26.2 Å². The Kier molecular flexibility index (Phi) is 16.2. The van der Waals surface area contributed by atoms with Crippen molar-refractivity contribution >= 4 is 29.5 Å². The first-order valence-electron chi connectivity index (χ1n) is 14.7. The Bertz CT molecular complexity index is 853. The van der Waals surface area contributed by atoms with Crippen molar-refractivity contribution in [1.29, 1.82) is 0 Å². The summed E-state index contributed by atoms with van der Waals surface area (Å²) >= 11 is 0. The number of carbonyl (C=O) groups excluding carboxylic acids is 5. The summed E-state index contributed by atoms with van der Waals surface area (Å²) in [5.41, 5.74) is -1.28. The van der Waals surface area contributed by atoms with E-state index in [2.05, 4.69) is 21.3 Å². The summed E-state index contributed by atoms with van der Waals surface area (Å²) in [5, 5.41) is 11.2. The summed E-state index contributed by atoms with van der Waals surface area (Å²) in [4.78, 5) is 63.5. The second-order valence-electron chi connectivity index (χ2n) is 13.8. The molecule has 0 aliphatic rings. The molecule has 0 aliphatic heterocycles. The second-order valence-corrected chi connectivity index (χ2v) is 13.8. The van der Waals surface area contributed by atoms with E-state index in [1.807, 2.05) is 76.2 Å². The zero-order chi connectivity index (χ0) is 32.0. The summed E-state index contributed by atoms with van der Waals surface area (Å²) < 4.78 is 6.03. The first-order valence-corrected chi connectivity index (χ1v) is 14.7. The number of nitrogens with zero attached hydrogens (tertiary/aromatic N) is 1. The topological polar surface area (TPSA) is 146 Å². The highest BCUT2D eigenvalue weighted by Crippen LogP contribution is 2.23. The molecular formula is C30H57N5O6. The van der Waals surface area contributed by atoms with Gasteiger partial charge in [-0.15, -0.1) is 0 Å². The Balaban J connectivity index is 4.75. The Morgan fingerprint density at radius 1 is 0.707 bits per heavy atom. The van der Waals surface area contributed by atoms with Gasteiger partial charge in [0.1, 0.15) is 13.1 Å². The van der Waals surface area contributed by atoms with Crippen molar-refractivity contribution in [2.45, 2.75) is 120 Å². The minimum Gasteiger partial charge on any atom is -0.375 e. The van der Waals surface area contributed by atoms with Crippen molar-refractivity contribution in [2.75, 3.05) is 32.8 Å². The van der Waals surface area contributed by atoms with Gasteiger partial charge in [-0.1, -0.05) is 34.6 Å². The van der Waals surface area contributed by atoms with Gasteiger partial charge in [0, 0.05) is 50.0 Å². The molecule has 0 atom stereocenters. The van der Waals surface area contributed by atoms with Crippen molar-refractivity contribution in [3.63, 3.8) is 0 Å². The summed E-state index contributed by atoms with van der Waals surface area (Å²) in [7, 11) is 0. The fourth-order valence-electron chi connectivity index (χ4n) is 3.81. The summed E-state index contributed by atoms with van der Waals surface area (Å²) in [5.74, 6) is -1.31. The smallest absolute Gasteiger partial charge is 0.239 e. The molecule has 0 heterocycles. The van der Waals surface area contributed by atoms with Gasteiger partial charge in [-0.2, -0.15) is 0 Å². The van der Waals surface area contributed by atoms with Gasteiger partial charge in [0.15, 0.2) is 0 Å². The van der Waals surface area contributed by atoms with Crippen molar-refractivity contribution in [3.8, 4) is 0 Å². The minimum absolute atomic E-state index is 0.0188. The Labute approximate surface area is 247 Å². The molecular weight excluding hydrogens is 526 g/mol. The summed E-state index contributed by atoms with van der Waals surface area (Å²) in [6, 6.07) is -0.196. The van der Waals surface area contributed by atoms with Gasteiger partial charge in [-0.05, 0) is 59.8 Å². The van der Waals surface area contributed by atoms with Gasteiger partial charge >= 0.3 is 0 Å². The molecule has 0 aromatic heterocycles. The van der Waals surface area contributed by atoms with Gasteiger partial charge < -0.3 is 30.9 Å². The number of hydrogen-bond acceptors (Lipinski definition) is 6. The fraction of sp³-hybridized carbons (Fsp3) is 0.833. The van der Waals surface area contributed by atoms with Gasteiger partial charge in [0.2, 0.25) is 29.5 Å². The van der Waals surface area contributed by atoms with Crippen LogP contribution in [0.4, 0.5) is 0 Å². The molecule has 11 nitrogen and oxygen atoms in total. The SMILES string of the molecule is CC(C)NC(=O)CN(CC(=O)NC(C)C)C(=O)CCNC(=O)C(C)(C)CCOC(C)(C)CCNC(=O)CC(C)(C)C. The van der Waals surface area contributed by atoms with Gasteiger partial charge in [-0.25, -0.2) is 0 Å². The molecule has 41 heavy (non-hydrogen) atoms. The molecule has 11 heteroatoms. The van der Waals surface area contributed by atoms with E-state index in [-0.39, 0.29) is 67.2 Å². The zero-order valence-electron chi connectivity index (χ0n) is 27.4. The molecule has 0 spiro atoms. The molecule has 4 N–H and O–H groups in total. The van der Waals surface area contributed by atoms with Gasteiger partial charge in [-0.3, -0.25) is 24.0 Å². The third-order valence-corrected chi connectivity index (χ3v) is 6.12. The summed E-state index contributed by atoms with van der Waals surface area (Å²) in [6.45, 7) is 21.3. The van der Waals surface area contributed by atoms with Crippen LogP contribution in [0.1, 0.15) is 102 Å². The molecule has 0 fully saturated rings. The van der Waals surface area contributed by atoms with Crippen LogP contribution in [0.3, 0.4) is 0 Å². The maximum atomic E-state index is 12.9. The molecule has 0 saturated heterocycles. The van der Waals surface area contributed by atoms with E-state index in [1.165, 1.54) is 4.90 Å². The zero-order valence-corrected chi connectivity index (χ0v) is 27.4. The first kappa shape index (κ1) is 38.3. The molecule has 238 valence electrons. The van der Waals surface area contributed by atoms with Crippen LogP contribution in [0, 0.1) is 10.8 Å². The third kappa shape index (κ3) is 19.1. The van der Waals surface area contributed by atoms with Crippen molar-refractivity contribution in [3.05, 3.63) is 0 Å². The Morgan fingerprint density at radius 3 is 1.68 bits per heavy atom. The lowest BCUT2D eigenvalue weighted by Gasteiger charge is -2.29. The predicted molar refractivity (Wildman–Crippen MR) is 161 cm³/mol. The van der Waals surface area contributed by atoms with Crippen LogP contribution in [-0.4, -0.2) is 84.9 Å². The Hall–Kier alpha value is -2.69. The predicted octanol–water partition coefficient (Wildman–Crippen LogP) is 2.52. The molecule has 0 radical (unpaired) electrons. The average Bonchev–Trinajstić information content (AvgIpc) is 2.75. The highest BCUT2D eigenvalue weighted by atomic mass is 16.5. The van der Waals surface area contributed by atoms with E-state index in [4.69, 9.17) is 4.74 Å². The number of ether oxygens (including phenoxy) is 1. The van der Waals surface area contributed by atoms with E-state index in [0.717, 1.165) is 0 Å². The third-order valence-electron chi connectivity index (χ3n) is 6.12. The number of hydrogen-bond donors (Lipinski definition) is 4. The minimum atomic E-state index is -0.742. The first-order chi connectivity index (χ1) is 18.6. The molecule has 0 aromatic rings. The van der Waals surface area contributed by atoms with E-state index in [9.17, 15) is 24.0 Å². The molecule has 5 amide bonds. The van der Waals surface area contributed by atoms with E-state index < -0.39 is 16.9 Å². The molecule has 0 aliphatic carbocycles. The highest BCUT2D eigenvalue weighted by Gasteiger charge is 2.29. The van der Waals surface area contributed by atoms with E-state index in [0.29, 0.717) is 32.4 Å². The van der Waals surface area contributed by atoms with Crippen LogP contribution in [0.2, 0.25) is 0 Å². The maximum Gasteiger partial charge on any atom is 0.239 e. The lowest BCUT2D eigenvalue weighted by Crippen LogP contribution is -2.48. The van der Waals surface area contributed by atoms with Crippen LogP contribution in [0.5, 0.6) is 0 Å². The number of rotatable bonds is 18. The van der Waals surface area contributed by atoms with Crippen molar-refractivity contribution in [2.24, 2.45) is 10.8 Å². The Morgan fingerprint density at radius 2 is 1.22 bits per heavy atom. The average molecular weight is 584 g/mol. The quantitative estimate of drug-likeness (QED) is 0.195. The number of amides is 5. The van der Waals surface area contributed by atoms with Crippen LogP contribution in [0.15, 0.2) is 0 Å². The number of nitrogens with one attached hydrogen (secondary N) is 4. The second kappa shape index (κ2) is 17.3. The fourth-order valence-corrected chi connectivity index (χ4v) is 3.81. The van der Waals surface area contributed by atoms with E-state index in [1.54, 1.807) is 0 Å². The standard InChI is InChI=1S/C30H57N5O6/c1-21(2)33-24(37)19-35(20-25(38)34-22(3)4)26(39)12-15-32-27(40)29(8,9)14-17-41-30(10,11)13-16-31-23(36)18-28(5,6)7/h21-22H,12-20H2,1-11H3,(H,31,36)(H,32,40)(H,33,37)(H,34,38). The largest absolute Gasteiger partial charge is 0.375 e. The van der Waals surface area contributed by atoms with Gasteiger partial charge in [0.25, 0.3) is 0 Å². The van der Waals surface area contributed by atoms with Crippen LogP contribution >= 0.6 is 0 Å². The molecule has 0 saturated carbocycles. The van der Waals surface area contributed by atoms with Crippen LogP contribution < -0.4 is 21.3 Å². The molecule has 0 unspecified atom stereocenters. The lowest BCUT2D eigenvalue weighted by atomic mass is 9.88. The van der Waals surface area contributed by atoms with E-state index >= 15 is 0 Å². The molecule has 0 aromatic carbocycles.